The summed E-state index contributed by atoms with van der Waals surface area (Å²) >= 11 is 0. The number of carbonyl (C=O) groups excluding carboxylic acids is 1. The molecule has 0 saturated carbocycles. The molecule has 1 unspecified atom stereocenters. The Labute approximate surface area is 171 Å². The number of fused-ring (bicyclic) bond motifs is 1. The van der Waals surface area contributed by atoms with Crippen LogP contribution in [-0.2, 0) is 4.74 Å². The Morgan fingerprint density at radius 3 is 2.48 bits per heavy atom. The van der Waals surface area contributed by atoms with Crippen LogP contribution in [0.5, 0.6) is 11.5 Å². The van der Waals surface area contributed by atoms with E-state index in [4.69, 9.17) is 14.2 Å². The molecule has 29 heavy (non-hydrogen) atoms. The van der Waals surface area contributed by atoms with Gasteiger partial charge in [0, 0.05) is 19.3 Å². The zero-order chi connectivity index (χ0) is 20.2. The zero-order valence-electron chi connectivity index (χ0n) is 16.9. The highest BCUT2D eigenvalue weighted by molar-refractivity contribution is 5.94. The molecular weight excluding hydrogens is 370 g/mol. The number of pyridine rings is 1. The maximum absolute atomic E-state index is 12.9. The van der Waals surface area contributed by atoms with Crippen LogP contribution >= 0.6 is 0 Å². The number of carbonyl (C=O) groups is 1. The molecule has 1 aromatic carbocycles. The number of aromatic nitrogens is 1. The molecule has 1 fully saturated rings. The van der Waals surface area contributed by atoms with E-state index in [2.05, 4.69) is 29.0 Å². The van der Waals surface area contributed by atoms with Gasteiger partial charge in [-0.15, -0.1) is 0 Å². The van der Waals surface area contributed by atoms with Gasteiger partial charge in [0.15, 0.2) is 11.5 Å². The van der Waals surface area contributed by atoms with Gasteiger partial charge in [-0.3, -0.25) is 4.79 Å². The molecule has 154 valence electrons. The summed E-state index contributed by atoms with van der Waals surface area (Å²) in [6, 6.07) is 9.43. The minimum Gasteiger partial charge on any atom is -0.486 e. The fourth-order valence-electron chi connectivity index (χ4n) is 3.61. The first-order chi connectivity index (χ1) is 14.1. The topological polar surface area (TPSA) is 72.9 Å². The lowest BCUT2D eigenvalue weighted by Gasteiger charge is -2.28. The second-order valence-corrected chi connectivity index (χ2v) is 7.60. The van der Waals surface area contributed by atoms with Crippen LogP contribution in [0.4, 0.5) is 5.82 Å². The molecule has 2 aliphatic rings. The number of anilines is 1. The van der Waals surface area contributed by atoms with Crippen molar-refractivity contribution in [3.05, 3.63) is 47.7 Å². The third-order valence-corrected chi connectivity index (χ3v) is 5.22. The SMILES string of the molecule is CC(C)C(NC(=O)c1ccc(N2CCOCC2)nc1)c1ccc2c(c1)OCCO2. The maximum atomic E-state index is 12.9. The first kappa shape index (κ1) is 19.5. The maximum Gasteiger partial charge on any atom is 0.253 e. The van der Waals surface area contributed by atoms with Gasteiger partial charge < -0.3 is 24.4 Å². The molecule has 7 heteroatoms. The smallest absolute Gasteiger partial charge is 0.253 e. The normalized spacial score (nSPS) is 17.1. The monoisotopic (exact) mass is 397 g/mol. The van der Waals surface area contributed by atoms with Crippen LogP contribution in [0.25, 0.3) is 0 Å². The van der Waals surface area contributed by atoms with E-state index in [0.717, 1.165) is 36.0 Å². The summed E-state index contributed by atoms with van der Waals surface area (Å²) < 4.78 is 16.7. The standard InChI is InChI=1S/C22H27N3O4/c1-15(2)21(16-3-5-18-19(13-16)29-12-11-28-18)24-22(26)17-4-6-20(23-14-17)25-7-9-27-10-8-25/h3-6,13-15,21H,7-12H2,1-2H3,(H,24,26). The van der Waals surface area contributed by atoms with E-state index in [9.17, 15) is 4.79 Å². The largest absolute Gasteiger partial charge is 0.486 e. The molecule has 0 bridgehead atoms. The van der Waals surface area contributed by atoms with E-state index in [-0.39, 0.29) is 17.9 Å². The average molecular weight is 397 g/mol. The van der Waals surface area contributed by atoms with Crippen molar-refractivity contribution in [2.24, 2.45) is 5.92 Å². The highest BCUT2D eigenvalue weighted by atomic mass is 16.6. The number of nitrogens with zero attached hydrogens (tertiary/aromatic N) is 2. The minimum absolute atomic E-state index is 0.139. The molecule has 1 aromatic heterocycles. The molecule has 4 rings (SSSR count). The number of morpholine rings is 1. The third kappa shape index (κ3) is 4.45. The molecule has 1 atom stereocenters. The van der Waals surface area contributed by atoms with Crippen LogP contribution in [0.15, 0.2) is 36.5 Å². The van der Waals surface area contributed by atoms with Gasteiger partial charge in [0.2, 0.25) is 0 Å². The lowest BCUT2D eigenvalue weighted by molar-refractivity contribution is 0.0925. The van der Waals surface area contributed by atoms with E-state index in [1.807, 2.05) is 30.3 Å². The Balaban J connectivity index is 1.47. The van der Waals surface area contributed by atoms with E-state index >= 15 is 0 Å². The minimum atomic E-state index is -0.141. The summed E-state index contributed by atoms with van der Waals surface area (Å²) in [5.74, 6) is 2.42. The van der Waals surface area contributed by atoms with Crippen molar-refractivity contribution in [3.8, 4) is 11.5 Å². The molecule has 1 N–H and O–H groups in total. The second kappa shape index (κ2) is 8.69. The predicted octanol–water partition coefficient (Wildman–Crippen LogP) is 2.82. The van der Waals surface area contributed by atoms with Crippen molar-refractivity contribution in [2.75, 3.05) is 44.4 Å². The lowest BCUT2D eigenvalue weighted by Crippen LogP contribution is -2.37. The van der Waals surface area contributed by atoms with E-state index in [1.54, 1.807) is 6.20 Å². The zero-order valence-corrected chi connectivity index (χ0v) is 16.9. The number of amides is 1. The van der Waals surface area contributed by atoms with Crippen LogP contribution in [0.2, 0.25) is 0 Å². The molecular formula is C22H27N3O4. The van der Waals surface area contributed by atoms with Gasteiger partial charge in [-0.2, -0.15) is 0 Å². The van der Waals surface area contributed by atoms with Crippen molar-refractivity contribution in [2.45, 2.75) is 19.9 Å². The van der Waals surface area contributed by atoms with Crippen molar-refractivity contribution in [3.63, 3.8) is 0 Å². The summed E-state index contributed by atoms with van der Waals surface area (Å²) in [5, 5.41) is 3.15. The molecule has 2 aromatic rings. The Hall–Kier alpha value is -2.80. The number of rotatable bonds is 5. The molecule has 0 spiro atoms. The summed E-state index contributed by atoms with van der Waals surface area (Å²) in [6.45, 7) is 8.31. The number of hydrogen-bond acceptors (Lipinski definition) is 6. The van der Waals surface area contributed by atoms with Crippen molar-refractivity contribution >= 4 is 11.7 Å². The molecule has 0 aliphatic carbocycles. The van der Waals surface area contributed by atoms with Gasteiger partial charge in [-0.05, 0) is 35.7 Å². The quantitative estimate of drug-likeness (QED) is 0.837. The van der Waals surface area contributed by atoms with E-state index in [1.165, 1.54) is 0 Å². The van der Waals surface area contributed by atoms with Gasteiger partial charge in [-0.25, -0.2) is 4.98 Å². The molecule has 0 radical (unpaired) electrons. The van der Waals surface area contributed by atoms with Gasteiger partial charge in [0.05, 0.1) is 24.8 Å². The Bertz CT molecular complexity index is 848. The van der Waals surface area contributed by atoms with Crippen molar-refractivity contribution < 1.29 is 19.0 Å². The van der Waals surface area contributed by atoms with E-state index < -0.39 is 0 Å². The van der Waals surface area contributed by atoms with E-state index in [0.29, 0.717) is 32.0 Å². The molecule has 2 aliphatic heterocycles. The summed E-state index contributed by atoms with van der Waals surface area (Å²) in [7, 11) is 0. The van der Waals surface area contributed by atoms with Gasteiger partial charge in [0.1, 0.15) is 19.0 Å². The van der Waals surface area contributed by atoms with Gasteiger partial charge in [0.25, 0.3) is 5.91 Å². The first-order valence-electron chi connectivity index (χ1n) is 10.1. The Morgan fingerprint density at radius 2 is 1.79 bits per heavy atom. The fraction of sp³-hybridized carbons (Fsp3) is 0.455. The Kier molecular flexibility index (Phi) is 5.85. The van der Waals surface area contributed by atoms with Crippen molar-refractivity contribution in [1.82, 2.24) is 10.3 Å². The van der Waals surface area contributed by atoms with Gasteiger partial charge in [-0.1, -0.05) is 19.9 Å². The second-order valence-electron chi connectivity index (χ2n) is 7.60. The van der Waals surface area contributed by atoms with Crippen LogP contribution in [0.3, 0.4) is 0 Å². The van der Waals surface area contributed by atoms with Crippen LogP contribution in [0, 0.1) is 5.92 Å². The van der Waals surface area contributed by atoms with Gasteiger partial charge >= 0.3 is 0 Å². The highest BCUT2D eigenvalue weighted by Gasteiger charge is 2.22. The van der Waals surface area contributed by atoms with Crippen LogP contribution < -0.4 is 19.7 Å². The highest BCUT2D eigenvalue weighted by Crippen LogP contribution is 2.34. The summed E-state index contributed by atoms with van der Waals surface area (Å²) in [5.41, 5.74) is 1.54. The summed E-state index contributed by atoms with van der Waals surface area (Å²) in [6.07, 6.45) is 1.64. The number of ether oxygens (including phenoxy) is 3. The predicted molar refractivity (Wildman–Crippen MR) is 110 cm³/mol. The third-order valence-electron chi connectivity index (χ3n) is 5.22. The number of nitrogens with one attached hydrogen (secondary N) is 1. The average Bonchev–Trinajstić information content (AvgIpc) is 2.77. The Morgan fingerprint density at radius 1 is 1.03 bits per heavy atom. The fourth-order valence-corrected chi connectivity index (χ4v) is 3.61. The first-order valence-corrected chi connectivity index (χ1v) is 10.1. The van der Waals surface area contributed by atoms with Crippen LogP contribution in [-0.4, -0.2) is 50.4 Å². The number of benzene rings is 1. The molecule has 1 saturated heterocycles. The summed E-state index contributed by atoms with van der Waals surface area (Å²) in [4.78, 5) is 19.5. The molecule has 1 amide bonds. The number of hydrogen-bond donors (Lipinski definition) is 1. The van der Waals surface area contributed by atoms with Crippen LogP contribution in [0.1, 0.15) is 35.8 Å². The molecule has 3 heterocycles. The van der Waals surface area contributed by atoms with Crippen molar-refractivity contribution in [1.29, 1.82) is 0 Å². The molecule has 7 nitrogen and oxygen atoms in total. The lowest BCUT2D eigenvalue weighted by atomic mass is 9.95.